The summed E-state index contributed by atoms with van der Waals surface area (Å²) in [5.41, 5.74) is 0.741. The van der Waals surface area contributed by atoms with Gasteiger partial charge in [0.1, 0.15) is 0 Å². The molecule has 0 spiro atoms. The van der Waals surface area contributed by atoms with Crippen LogP contribution in [0.3, 0.4) is 0 Å². The van der Waals surface area contributed by atoms with Crippen LogP contribution in [0.5, 0.6) is 0 Å². The van der Waals surface area contributed by atoms with Gasteiger partial charge in [0, 0.05) is 16.8 Å². The second-order valence-electron chi connectivity index (χ2n) is 7.90. The van der Waals surface area contributed by atoms with E-state index in [4.69, 9.17) is 5.26 Å². The number of nitriles is 1. The summed E-state index contributed by atoms with van der Waals surface area (Å²) < 4.78 is 54.2. The summed E-state index contributed by atoms with van der Waals surface area (Å²) in [4.78, 5) is 20.2. The van der Waals surface area contributed by atoms with E-state index in [-0.39, 0.29) is 30.0 Å². The third-order valence-electron chi connectivity index (χ3n) is 5.59. The number of halogens is 4. The Hall–Kier alpha value is -3.67. The molecule has 1 aliphatic rings. The molecule has 1 aliphatic heterocycles. The van der Waals surface area contributed by atoms with Gasteiger partial charge >= 0.3 is 6.18 Å². The maximum absolute atomic E-state index is 15.2. The first-order chi connectivity index (χ1) is 15.0. The van der Waals surface area contributed by atoms with E-state index in [0.29, 0.717) is 22.3 Å². The summed E-state index contributed by atoms with van der Waals surface area (Å²) in [5, 5.41) is 8.87. The monoisotopic (exact) mass is 442 g/mol. The number of aryl methyl sites for hydroxylation is 2. The summed E-state index contributed by atoms with van der Waals surface area (Å²) >= 11 is 0. The molecule has 0 atom stereocenters. The molecule has 0 aliphatic carbocycles. The summed E-state index contributed by atoms with van der Waals surface area (Å²) in [6.45, 7) is 2.89. The molecule has 0 bridgehead atoms. The van der Waals surface area contributed by atoms with Crippen LogP contribution in [-0.2, 0) is 11.8 Å². The second kappa shape index (κ2) is 7.48. The van der Waals surface area contributed by atoms with Crippen molar-refractivity contribution >= 4 is 5.91 Å². The van der Waals surface area contributed by atoms with Gasteiger partial charge in [-0.15, -0.1) is 0 Å². The van der Waals surface area contributed by atoms with E-state index in [2.05, 4.69) is 9.97 Å². The fourth-order valence-electron chi connectivity index (χ4n) is 3.78. The van der Waals surface area contributed by atoms with E-state index in [9.17, 15) is 18.0 Å². The van der Waals surface area contributed by atoms with Crippen LogP contribution in [0.25, 0.3) is 11.3 Å². The molecule has 4 rings (SSSR count). The highest BCUT2D eigenvalue weighted by molar-refractivity contribution is 5.96. The number of benzene rings is 2. The molecule has 32 heavy (non-hydrogen) atoms. The van der Waals surface area contributed by atoms with Gasteiger partial charge in [-0.1, -0.05) is 18.2 Å². The fraction of sp³-hybridized carbons (Fsp3) is 0.261. The quantitative estimate of drug-likeness (QED) is 0.586. The van der Waals surface area contributed by atoms with Crippen LogP contribution in [0, 0.1) is 25.2 Å². The minimum absolute atomic E-state index is 0.116. The van der Waals surface area contributed by atoms with E-state index >= 15 is 4.39 Å². The van der Waals surface area contributed by atoms with E-state index in [1.165, 1.54) is 42.2 Å². The predicted molar refractivity (Wildman–Crippen MR) is 108 cm³/mol. The number of amides is 1. The Balaban J connectivity index is 1.56. The van der Waals surface area contributed by atoms with E-state index < -0.39 is 23.6 Å². The van der Waals surface area contributed by atoms with Crippen molar-refractivity contribution < 1.29 is 22.4 Å². The maximum atomic E-state index is 15.2. The predicted octanol–water partition coefficient (Wildman–Crippen LogP) is 4.90. The molecule has 0 unspecified atom stereocenters. The Morgan fingerprint density at radius 3 is 2.38 bits per heavy atom. The second-order valence-corrected chi connectivity index (χ2v) is 7.90. The Labute approximate surface area is 181 Å². The van der Waals surface area contributed by atoms with Crippen LogP contribution in [0.1, 0.15) is 38.6 Å². The van der Waals surface area contributed by atoms with Gasteiger partial charge in [0.15, 0.2) is 5.67 Å². The zero-order valence-electron chi connectivity index (χ0n) is 17.2. The van der Waals surface area contributed by atoms with E-state index in [1.807, 2.05) is 6.07 Å². The number of H-pyrrole nitrogens is 1. The molecule has 9 heteroatoms. The van der Waals surface area contributed by atoms with Crippen molar-refractivity contribution in [2.45, 2.75) is 25.7 Å². The number of carbonyl (C=O) groups is 1. The number of aromatic nitrogens is 2. The number of likely N-dealkylation sites (tertiary alicyclic amines) is 1. The lowest BCUT2D eigenvalue weighted by Crippen LogP contribution is -2.58. The number of nitrogens with one attached hydrogen (secondary N) is 1. The minimum Gasteiger partial charge on any atom is -0.338 e. The van der Waals surface area contributed by atoms with Gasteiger partial charge < -0.3 is 9.88 Å². The van der Waals surface area contributed by atoms with Crippen LogP contribution >= 0.6 is 0 Å². The molecule has 2 heterocycles. The van der Waals surface area contributed by atoms with Gasteiger partial charge in [0.2, 0.25) is 5.82 Å². The zero-order chi connectivity index (χ0) is 23.3. The molecule has 3 aromatic rings. The summed E-state index contributed by atoms with van der Waals surface area (Å²) in [6.07, 6.45) is -4.61. The first kappa shape index (κ1) is 21.6. The highest BCUT2D eigenvalue weighted by Crippen LogP contribution is 2.38. The number of rotatable bonds is 3. The standard InChI is InChI=1S/C23H18F4N4O/c1-13-3-6-16(9-18(13)19-14(2)29-21(30-19)23(25,26)27)20(32)31-11-22(24,12-31)17-7-4-15(10-28)5-8-17/h3-9H,11-12H2,1-2H3,(H,29,30). The maximum Gasteiger partial charge on any atom is 0.449 e. The van der Waals surface area contributed by atoms with Crippen molar-refractivity contribution in [2.75, 3.05) is 13.1 Å². The van der Waals surface area contributed by atoms with Crippen molar-refractivity contribution in [3.8, 4) is 17.3 Å². The largest absolute Gasteiger partial charge is 0.449 e. The normalized spacial score (nSPS) is 15.2. The zero-order valence-corrected chi connectivity index (χ0v) is 17.2. The van der Waals surface area contributed by atoms with Gasteiger partial charge in [-0.25, -0.2) is 9.37 Å². The Morgan fingerprint density at radius 1 is 1.16 bits per heavy atom. The molecule has 1 amide bonds. The number of aromatic amines is 1. The number of hydrogen-bond acceptors (Lipinski definition) is 3. The van der Waals surface area contributed by atoms with Gasteiger partial charge in [-0.05, 0) is 49.2 Å². The van der Waals surface area contributed by atoms with Crippen molar-refractivity contribution in [1.29, 1.82) is 5.26 Å². The summed E-state index contributed by atoms with van der Waals surface area (Å²) in [5.74, 6) is -1.52. The van der Waals surface area contributed by atoms with Gasteiger partial charge in [0.25, 0.3) is 5.91 Å². The van der Waals surface area contributed by atoms with Crippen LogP contribution < -0.4 is 0 Å². The lowest BCUT2D eigenvalue weighted by Gasteiger charge is -2.44. The summed E-state index contributed by atoms with van der Waals surface area (Å²) in [6, 6.07) is 12.8. The van der Waals surface area contributed by atoms with Crippen molar-refractivity contribution in [3.63, 3.8) is 0 Å². The molecule has 1 fully saturated rings. The molecule has 1 aromatic heterocycles. The number of imidazole rings is 1. The molecule has 0 saturated carbocycles. The average molecular weight is 442 g/mol. The highest BCUT2D eigenvalue weighted by atomic mass is 19.4. The SMILES string of the molecule is Cc1ccc(C(=O)N2CC(F)(c3ccc(C#N)cc3)C2)cc1-c1nc(C(F)(F)F)[nH]c1C. The fourth-order valence-corrected chi connectivity index (χ4v) is 3.78. The Bertz CT molecular complexity index is 1230. The number of nitrogens with zero attached hydrogens (tertiary/aromatic N) is 3. The lowest BCUT2D eigenvalue weighted by atomic mass is 9.87. The lowest BCUT2D eigenvalue weighted by molar-refractivity contribution is -0.144. The number of hydrogen-bond donors (Lipinski definition) is 1. The van der Waals surface area contributed by atoms with Crippen LogP contribution in [0.4, 0.5) is 17.6 Å². The topological polar surface area (TPSA) is 72.8 Å². The molecule has 1 saturated heterocycles. The Kier molecular flexibility index (Phi) is 5.04. The molecular formula is C23H18F4N4O. The minimum atomic E-state index is -4.61. The van der Waals surface area contributed by atoms with Crippen molar-refractivity contribution in [2.24, 2.45) is 0 Å². The molecule has 1 N–H and O–H groups in total. The smallest absolute Gasteiger partial charge is 0.338 e. The van der Waals surface area contributed by atoms with E-state index in [0.717, 1.165) is 0 Å². The van der Waals surface area contributed by atoms with Crippen LogP contribution in [0.15, 0.2) is 42.5 Å². The van der Waals surface area contributed by atoms with Gasteiger partial charge in [-0.3, -0.25) is 4.79 Å². The molecule has 164 valence electrons. The van der Waals surface area contributed by atoms with E-state index in [1.54, 1.807) is 19.1 Å². The first-order valence-electron chi connectivity index (χ1n) is 9.75. The first-order valence-corrected chi connectivity index (χ1v) is 9.75. The molecule has 5 nitrogen and oxygen atoms in total. The number of carbonyl (C=O) groups excluding carboxylic acids is 1. The third-order valence-corrected chi connectivity index (χ3v) is 5.59. The molecular weight excluding hydrogens is 424 g/mol. The highest BCUT2D eigenvalue weighted by Gasteiger charge is 2.47. The van der Waals surface area contributed by atoms with Crippen LogP contribution in [-0.4, -0.2) is 33.9 Å². The van der Waals surface area contributed by atoms with Crippen LogP contribution in [0.2, 0.25) is 0 Å². The third kappa shape index (κ3) is 3.73. The Morgan fingerprint density at radius 2 is 1.81 bits per heavy atom. The number of alkyl halides is 4. The average Bonchev–Trinajstić information content (AvgIpc) is 3.13. The molecule has 2 aromatic carbocycles. The van der Waals surface area contributed by atoms with Gasteiger partial charge in [-0.2, -0.15) is 18.4 Å². The van der Waals surface area contributed by atoms with Crippen molar-refractivity contribution in [3.05, 3.63) is 76.2 Å². The van der Waals surface area contributed by atoms with Gasteiger partial charge in [0.05, 0.1) is 30.4 Å². The summed E-state index contributed by atoms with van der Waals surface area (Å²) in [7, 11) is 0. The van der Waals surface area contributed by atoms with Crippen molar-refractivity contribution in [1.82, 2.24) is 14.9 Å². The molecule has 0 radical (unpaired) electrons.